The fourth-order valence-corrected chi connectivity index (χ4v) is 4.09. The summed E-state index contributed by atoms with van der Waals surface area (Å²) in [5.74, 6) is -0.0480. The zero-order valence-corrected chi connectivity index (χ0v) is 14.0. The topological polar surface area (TPSA) is 76.6 Å². The maximum absolute atomic E-state index is 12.4. The van der Waals surface area contributed by atoms with Crippen LogP contribution in [0.15, 0.2) is 24.5 Å². The smallest absolute Gasteiger partial charge is 0.410 e. The van der Waals surface area contributed by atoms with Crippen LogP contribution in [0.2, 0.25) is 0 Å². The molecule has 1 saturated heterocycles. The Morgan fingerprint density at radius 2 is 2.18 bits per heavy atom. The van der Waals surface area contributed by atoms with E-state index in [-0.39, 0.29) is 12.3 Å². The molecule has 1 aliphatic rings. The molecular weight excluding hydrogens is 304 g/mol. The van der Waals surface area contributed by atoms with E-state index in [0.29, 0.717) is 18.5 Å². The Bertz CT molecular complexity index is 623. The second kappa shape index (κ2) is 6.24. The van der Waals surface area contributed by atoms with Crippen molar-refractivity contribution in [1.29, 1.82) is 0 Å². The van der Waals surface area contributed by atoms with E-state index in [1.165, 1.54) is 4.90 Å². The molecule has 0 radical (unpaired) electrons. The highest BCUT2D eigenvalue weighted by Crippen LogP contribution is 2.22. The lowest BCUT2D eigenvalue weighted by atomic mass is 10.2. The van der Waals surface area contributed by atoms with Gasteiger partial charge >= 0.3 is 6.09 Å². The standard InChI is InChI=1S/C15H22N2O4S/c1-15(2,3)21-14(18)17-8-6-13(10-17)22(19,20)11-12-5-4-7-16-9-12/h4-5,7,9,13H,6,8,10-11H2,1-3H3. The molecule has 6 nitrogen and oxygen atoms in total. The molecule has 1 fully saturated rings. The van der Waals surface area contributed by atoms with Crippen molar-refractivity contribution in [2.24, 2.45) is 0 Å². The summed E-state index contributed by atoms with van der Waals surface area (Å²) in [5.41, 5.74) is 0.0854. The van der Waals surface area contributed by atoms with Gasteiger partial charge < -0.3 is 9.64 Å². The molecule has 122 valence electrons. The van der Waals surface area contributed by atoms with E-state index in [1.807, 2.05) is 0 Å². The summed E-state index contributed by atoms with van der Waals surface area (Å²) in [6, 6.07) is 3.46. The molecule has 22 heavy (non-hydrogen) atoms. The molecule has 2 heterocycles. The van der Waals surface area contributed by atoms with Gasteiger partial charge in [-0.15, -0.1) is 0 Å². The first-order valence-corrected chi connectivity index (χ1v) is 8.97. The van der Waals surface area contributed by atoms with Crippen LogP contribution in [-0.4, -0.2) is 48.3 Å². The van der Waals surface area contributed by atoms with E-state index in [1.54, 1.807) is 45.3 Å². The first kappa shape index (κ1) is 16.7. The summed E-state index contributed by atoms with van der Waals surface area (Å²) in [6.07, 6.45) is 3.15. The van der Waals surface area contributed by atoms with Gasteiger partial charge in [-0.3, -0.25) is 4.98 Å². The van der Waals surface area contributed by atoms with Gasteiger partial charge in [-0.2, -0.15) is 0 Å². The minimum Gasteiger partial charge on any atom is -0.444 e. The molecule has 1 unspecified atom stereocenters. The van der Waals surface area contributed by atoms with Gasteiger partial charge in [0, 0.05) is 25.5 Å². The zero-order chi connectivity index (χ0) is 16.4. The van der Waals surface area contributed by atoms with Crippen LogP contribution in [0.1, 0.15) is 32.8 Å². The van der Waals surface area contributed by atoms with E-state index < -0.39 is 26.8 Å². The molecule has 1 atom stereocenters. The Hall–Kier alpha value is -1.63. The fraction of sp³-hybridized carbons (Fsp3) is 0.600. The molecule has 0 saturated carbocycles. The third kappa shape index (κ3) is 4.43. The Kier molecular flexibility index (Phi) is 4.75. The van der Waals surface area contributed by atoms with Gasteiger partial charge in [0.05, 0.1) is 11.0 Å². The van der Waals surface area contributed by atoms with Gasteiger partial charge in [-0.25, -0.2) is 13.2 Å². The molecule has 0 spiro atoms. The summed E-state index contributed by atoms with van der Waals surface area (Å²) in [5, 5.41) is -0.541. The average Bonchev–Trinajstić information content (AvgIpc) is 2.87. The van der Waals surface area contributed by atoms with Crippen molar-refractivity contribution in [1.82, 2.24) is 9.88 Å². The number of amides is 1. The van der Waals surface area contributed by atoms with Crippen LogP contribution in [0.5, 0.6) is 0 Å². The minimum atomic E-state index is -3.31. The summed E-state index contributed by atoms with van der Waals surface area (Å²) >= 11 is 0. The van der Waals surface area contributed by atoms with Crippen molar-refractivity contribution in [3.05, 3.63) is 30.1 Å². The molecule has 0 N–H and O–H groups in total. The second-order valence-corrected chi connectivity index (χ2v) is 8.79. The Morgan fingerprint density at radius 3 is 2.77 bits per heavy atom. The van der Waals surface area contributed by atoms with Gasteiger partial charge in [-0.05, 0) is 38.8 Å². The van der Waals surface area contributed by atoms with E-state index >= 15 is 0 Å². The number of aromatic nitrogens is 1. The molecule has 0 aliphatic carbocycles. The third-order valence-corrected chi connectivity index (χ3v) is 5.53. The van der Waals surface area contributed by atoms with E-state index in [0.717, 1.165) is 0 Å². The van der Waals surface area contributed by atoms with Crippen molar-refractivity contribution >= 4 is 15.9 Å². The normalized spacial score (nSPS) is 19.2. The van der Waals surface area contributed by atoms with E-state index in [4.69, 9.17) is 4.74 Å². The number of carbonyl (C=O) groups excluding carboxylic acids is 1. The molecule has 2 rings (SSSR count). The van der Waals surface area contributed by atoms with E-state index in [2.05, 4.69) is 4.98 Å². The first-order chi connectivity index (χ1) is 10.2. The van der Waals surface area contributed by atoms with Crippen molar-refractivity contribution < 1.29 is 17.9 Å². The number of ether oxygens (including phenoxy) is 1. The second-order valence-electron chi connectivity index (χ2n) is 6.51. The molecule has 0 bridgehead atoms. The van der Waals surface area contributed by atoms with Crippen molar-refractivity contribution in [3.63, 3.8) is 0 Å². The molecule has 1 amide bonds. The monoisotopic (exact) mass is 326 g/mol. The van der Waals surface area contributed by atoms with Crippen molar-refractivity contribution in [3.8, 4) is 0 Å². The number of hydrogen-bond acceptors (Lipinski definition) is 5. The summed E-state index contributed by atoms with van der Waals surface area (Å²) in [6.45, 7) is 5.97. The lowest BCUT2D eigenvalue weighted by molar-refractivity contribution is 0.0295. The van der Waals surface area contributed by atoms with Gasteiger partial charge in [0.2, 0.25) is 0 Å². The van der Waals surface area contributed by atoms with Crippen molar-refractivity contribution in [2.45, 2.75) is 43.8 Å². The molecule has 7 heteroatoms. The average molecular weight is 326 g/mol. The van der Waals surface area contributed by atoms with Crippen LogP contribution < -0.4 is 0 Å². The van der Waals surface area contributed by atoms with Crippen LogP contribution in [0.25, 0.3) is 0 Å². The molecule has 0 aromatic carbocycles. The number of hydrogen-bond donors (Lipinski definition) is 0. The maximum Gasteiger partial charge on any atom is 0.410 e. The highest BCUT2D eigenvalue weighted by atomic mass is 32.2. The van der Waals surface area contributed by atoms with Crippen LogP contribution in [-0.2, 0) is 20.3 Å². The lowest BCUT2D eigenvalue weighted by Crippen LogP contribution is -2.36. The summed E-state index contributed by atoms with van der Waals surface area (Å²) < 4.78 is 30.2. The van der Waals surface area contributed by atoms with Crippen LogP contribution >= 0.6 is 0 Å². The van der Waals surface area contributed by atoms with E-state index in [9.17, 15) is 13.2 Å². The number of rotatable bonds is 3. The van der Waals surface area contributed by atoms with Gasteiger partial charge in [0.1, 0.15) is 5.60 Å². The van der Waals surface area contributed by atoms with Crippen LogP contribution in [0.4, 0.5) is 4.79 Å². The summed E-state index contributed by atoms with van der Waals surface area (Å²) in [7, 11) is -3.31. The third-order valence-electron chi connectivity index (χ3n) is 3.40. The van der Waals surface area contributed by atoms with Gasteiger partial charge in [0.25, 0.3) is 0 Å². The molecule has 1 aliphatic heterocycles. The summed E-state index contributed by atoms with van der Waals surface area (Å²) in [4.78, 5) is 17.4. The van der Waals surface area contributed by atoms with Gasteiger partial charge in [-0.1, -0.05) is 6.07 Å². The SMILES string of the molecule is CC(C)(C)OC(=O)N1CCC(S(=O)(=O)Cc2cccnc2)C1. The highest BCUT2D eigenvalue weighted by Gasteiger charge is 2.36. The minimum absolute atomic E-state index is 0.0480. The van der Waals surface area contributed by atoms with Crippen molar-refractivity contribution in [2.75, 3.05) is 13.1 Å². The maximum atomic E-state index is 12.4. The number of sulfone groups is 1. The number of nitrogens with zero attached hydrogens (tertiary/aromatic N) is 2. The lowest BCUT2D eigenvalue weighted by Gasteiger charge is -2.24. The largest absolute Gasteiger partial charge is 0.444 e. The number of carbonyl (C=O) groups is 1. The number of pyridine rings is 1. The van der Waals surface area contributed by atoms with Crippen LogP contribution in [0, 0.1) is 0 Å². The predicted molar refractivity (Wildman–Crippen MR) is 83.1 cm³/mol. The Labute approximate surface area is 131 Å². The van der Waals surface area contributed by atoms with Crippen LogP contribution in [0.3, 0.4) is 0 Å². The van der Waals surface area contributed by atoms with Gasteiger partial charge in [0.15, 0.2) is 9.84 Å². The molecule has 1 aromatic rings. The highest BCUT2D eigenvalue weighted by molar-refractivity contribution is 7.91. The zero-order valence-electron chi connectivity index (χ0n) is 13.2. The molecule has 1 aromatic heterocycles. The first-order valence-electron chi connectivity index (χ1n) is 7.26. The predicted octanol–water partition coefficient (Wildman–Crippen LogP) is 2.01. The Morgan fingerprint density at radius 1 is 1.45 bits per heavy atom. The quantitative estimate of drug-likeness (QED) is 0.849. The number of likely N-dealkylation sites (tertiary alicyclic amines) is 1. The fourth-order valence-electron chi connectivity index (χ4n) is 2.35. The Balaban J connectivity index is 1.99. The molecular formula is C15H22N2O4S.